The van der Waals surface area contributed by atoms with Crippen molar-refractivity contribution >= 4 is 17.9 Å². The van der Waals surface area contributed by atoms with Gasteiger partial charge in [-0.3, -0.25) is 14.4 Å². The minimum absolute atomic E-state index is 0.0713. The van der Waals surface area contributed by atoms with Crippen molar-refractivity contribution in [3.05, 3.63) is 24.3 Å². The van der Waals surface area contributed by atoms with Crippen LogP contribution in [-0.2, 0) is 28.6 Å². The second kappa shape index (κ2) is 47.6. The van der Waals surface area contributed by atoms with E-state index in [1.54, 1.807) is 0 Å². The fourth-order valence-corrected chi connectivity index (χ4v) is 7.36. The quantitative estimate of drug-likeness (QED) is 0.0263. The summed E-state index contributed by atoms with van der Waals surface area (Å²) >= 11 is 0. The summed E-state index contributed by atoms with van der Waals surface area (Å²) in [5.74, 6) is -0.875. The van der Waals surface area contributed by atoms with Gasteiger partial charge in [-0.05, 0) is 51.4 Å². The average Bonchev–Trinajstić information content (AvgIpc) is 3.22. The Balaban J connectivity index is 4.34. The number of carbonyl (C=O) groups is 3. The van der Waals surface area contributed by atoms with Gasteiger partial charge in [0, 0.05) is 19.3 Å². The Kier molecular flexibility index (Phi) is 45.8. The first-order chi connectivity index (χ1) is 28.5. The highest BCUT2D eigenvalue weighted by molar-refractivity contribution is 5.71. The van der Waals surface area contributed by atoms with E-state index in [-0.39, 0.29) is 31.1 Å². The molecule has 6 heteroatoms. The zero-order chi connectivity index (χ0) is 42.3. The minimum Gasteiger partial charge on any atom is -0.462 e. The van der Waals surface area contributed by atoms with E-state index in [9.17, 15) is 14.4 Å². The van der Waals surface area contributed by atoms with Crippen LogP contribution < -0.4 is 0 Å². The summed E-state index contributed by atoms with van der Waals surface area (Å²) in [7, 11) is 0. The number of hydrogen-bond acceptors (Lipinski definition) is 6. The van der Waals surface area contributed by atoms with Gasteiger partial charge in [0.1, 0.15) is 13.2 Å². The first kappa shape index (κ1) is 55.9. The average molecular weight is 817 g/mol. The lowest BCUT2D eigenvalue weighted by Crippen LogP contribution is -2.30. The number of carbonyl (C=O) groups excluding carboxylic acids is 3. The summed E-state index contributed by atoms with van der Waals surface area (Å²) in [6.07, 6.45) is 53.0. The third kappa shape index (κ3) is 45.0. The topological polar surface area (TPSA) is 78.9 Å². The van der Waals surface area contributed by atoms with E-state index >= 15 is 0 Å². The molecule has 0 bridgehead atoms. The van der Waals surface area contributed by atoms with Gasteiger partial charge in [0.2, 0.25) is 0 Å². The first-order valence-electron chi connectivity index (χ1n) is 25.3. The third-order valence-electron chi connectivity index (χ3n) is 11.2. The van der Waals surface area contributed by atoms with Gasteiger partial charge in [0.25, 0.3) is 0 Å². The van der Waals surface area contributed by atoms with E-state index in [1.165, 1.54) is 154 Å². The number of ether oxygens (including phenoxy) is 3. The van der Waals surface area contributed by atoms with E-state index in [2.05, 4.69) is 45.1 Å². The molecule has 0 saturated carbocycles. The molecule has 0 N–H and O–H groups in total. The Hall–Kier alpha value is -2.11. The molecule has 340 valence electrons. The smallest absolute Gasteiger partial charge is 0.306 e. The second-order valence-corrected chi connectivity index (χ2v) is 17.1. The van der Waals surface area contributed by atoms with Gasteiger partial charge in [0.15, 0.2) is 6.10 Å². The van der Waals surface area contributed by atoms with Gasteiger partial charge >= 0.3 is 17.9 Å². The van der Waals surface area contributed by atoms with Crippen LogP contribution in [0, 0.1) is 0 Å². The van der Waals surface area contributed by atoms with Crippen molar-refractivity contribution in [3.8, 4) is 0 Å². The van der Waals surface area contributed by atoms with Crippen molar-refractivity contribution in [3.63, 3.8) is 0 Å². The molecule has 1 atom stereocenters. The van der Waals surface area contributed by atoms with Gasteiger partial charge in [-0.25, -0.2) is 0 Å². The summed E-state index contributed by atoms with van der Waals surface area (Å²) in [5.41, 5.74) is 0. The van der Waals surface area contributed by atoms with Gasteiger partial charge < -0.3 is 14.2 Å². The predicted octanol–water partition coefficient (Wildman–Crippen LogP) is 16.4. The Morgan fingerprint density at radius 3 is 0.983 bits per heavy atom. The Morgan fingerprint density at radius 2 is 0.621 bits per heavy atom. The first-order valence-corrected chi connectivity index (χ1v) is 25.3. The van der Waals surface area contributed by atoms with Crippen LogP contribution in [0.1, 0.15) is 271 Å². The maximum atomic E-state index is 12.8. The molecule has 58 heavy (non-hydrogen) atoms. The molecule has 6 nitrogen and oxygen atoms in total. The van der Waals surface area contributed by atoms with Crippen molar-refractivity contribution in [1.29, 1.82) is 0 Å². The molecule has 0 saturated heterocycles. The van der Waals surface area contributed by atoms with E-state index < -0.39 is 6.10 Å². The van der Waals surface area contributed by atoms with Gasteiger partial charge in [-0.2, -0.15) is 0 Å². The lowest BCUT2D eigenvalue weighted by Gasteiger charge is -2.18. The number of unbranched alkanes of at least 4 members (excludes halogenated alkanes) is 31. The van der Waals surface area contributed by atoms with E-state index in [0.717, 1.165) is 77.0 Å². The Morgan fingerprint density at radius 1 is 0.345 bits per heavy atom. The zero-order valence-electron chi connectivity index (χ0n) is 38.8. The number of allylic oxidation sites excluding steroid dienone is 4. The number of hydrogen-bond donors (Lipinski definition) is 0. The molecule has 0 aliphatic heterocycles. The Bertz CT molecular complexity index is 942. The molecule has 0 amide bonds. The van der Waals surface area contributed by atoms with Gasteiger partial charge in [-0.15, -0.1) is 0 Å². The largest absolute Gasteiger partial charge is 0.462 e. The molecular formula is C52H96O6. The molecule has 0 heterocycles. The normalized spacial score (nSPS) is 12.1. The minimum atomic E-state index is -0.769. The van der Waals surface area contributed by atoms with Crippen LogP contribution in [-0.4, -0.2) is 37.2 Å². The van der Waals surface area contributed by atoms with Crippen molar-refractivity contribution in [1.82, 2.24) is 0 Å². The SMILES string of the molecule is CCCCC/C=C\C/C=C\CCCCCCCC(=O)OCC(COC(=O)CCCCCCCCCCCC)OC(=O)CCCCCCCCCCCCCCCCC. The molecule has 0 aromatic carbocycles. The van der Waals surface area contributed by atoms with Crippen LogP contribution in [0.5, 0.6) is 0 Å². The third-order valence-corrected chi connectivity index (χ3v) is 11.2. The lowest BCUT2D eigenvalue weighted by atomic mass is 10.0. The second-order valence-electron chi connectivity index (χ2n) is 17.1. The monoisotopic (exact) mass is 817 g/mol. The highest BCUT2D eigenvalue weighted by atomic mass is 16.6. The van der Waals surface area contributed by atoms with Gasteiger partial charge in [-0.1, -0.05) is 225 Å². The molecule has 0 rings (SSSR count). The van der Waals surface area contributed by atoms with Crippen LogP contribution in [0.25, 0.3) is 0 Å². The lowest BCUT2D eigenvalue weighted by molar-refractivity contribution is -0.167. The van der Waals surface area contributed by atoms with E-state index in [0.29, 0.717) is 19.3 Å². The van der Waals surface area contributed by atoms with Crippen LogP contribution >= 0.6 is 0 Å². The molecule has 0 radical (unpaired) electrons. The molecule has 0 aromatic heterocycles. The zero-order valence-corrected chi connectivity index (χ0v) is 38.8. The Labute approximate surface area is 360 Å². The van der Waals surface area contributed by atoms with E-state index in [4.69, 9.17) is 14.2 Å². The number of esters is 3. The van der Waals surface area contributed by atoms with Crippen LogP contribution in [0.2, 0.25) is 0 Å². The summed E-state index contributed by atoms with van der Waals surface area (Å²) in [5, 5.41) is 0. The molecular weight excluding hydrogens is 721 g/mol. The van der Waals surface area contributed by atoms with Crippen LogP contribution in [0.4, 0.5) is 0 Å². The van der Waals surface area contributed by atoms with Crippen LogP contribution in [0.15, 0.2) is 24.3 Å². The highest BCUT2D eigenvalue weighted by Crippen LogP contribution is 2.16. The fourth-order valence-electron chi connectivity index (χ4n) is 7.36. The fraction of sp³-hybridized carbons (Fsp3) is 0.865. The molecule has 0 aromatic rings. The molecule has 0 fully saturated rings. The molecule has 0 spiro atoms. The summed E-state index contributed by atoms with van der Waals surface area (Å²) < 4.78 is 16.8. The molecule has 0 aliphatic rings. The summed E-state index contributed by atoms with van der Waals surface area (Å²) in [6.45, 7) is 6.61. The van der Waals surface area contributed by atoms with Crippen LogP contribution in [0.3, 0.4) is 0 Å². The van der Waals surface area contributed by atoms with Crippen molar-refractivity contribution in [2.45, 2.75) is 277 Å². The predicted molar refractivity (Wildman–Crippen MR) is 247 cm³/mol. The van der Waals surface area contributed by atoms with Crippen molar-refractivity contribution < 1.29 is 28.6 Å². The van der Waals surface area contributed by atoms with Crippen molar-refractivity contribution in [2.24, 2.45) is 0 Å². The van der Waals surface area contributed by atoms with Gasteiger partial charge in [0.05, 0.1) is 0 Å². The summed E-state index contributed by atoms with van der Waals surface area (Å²) in [6, 6.07) is 0. The maximum absolute atomic E-state index is 12.8. The maximum Gasteiger partial charge on any atom is 0.306 e. The molecule has 1 unspecified atom stereocenters. The molecule has 0 aliphatic carbocycles. The van der Waals surface area contributed by atoms with Crippen molar-refractivity contribution in [2.75, 3.05) is 13.2 Å². The van der Waals surface area contributed by atoms with E-state index in [1.807, 2.05) is 0 Å². The number of rotatable bonds is 46. The summed E-state index contributed by atoms with van der Waals surface area (Å²) in [4.78, 5) is 37.9. The standard InChI is InChI=1S/C52H96O6/c1-4-7-10-13-16-19-22-24-26-28-30-33-36-39-42-45-51(54)57-48-49(47-56-50(53)44-41-38-35-32-21-18-15-12-9-6-3)58-52(55)46-43-40-37-34-31-29-27-25-23-20-17-14-11-8-5-2/h16,19,24,26,49H,4-15,17-18,20-23,25,27-48H2,1-3H3/b19-16-,26-24-. The highest BCUT2D eigenvalue weighted by Gasteiger charge is 2.19.